The molecule has 0 aliphatic heterocycles. The summed E-state index contributed by atoms with van der Waals surface area (Å²) in [6.45, 7) is 0. The molecule has 0 fully saturated rings. The number of fused-ring (bicyclic) bond motifs is 1. The number of aromatic nitrogens is 2. The molecule has 0 bridgehead atoms. The average Bonchev–Trinajstić information content (AvgIpc) is 2.45. The largest absolute Gasteiger partial charge is 0.493 e. The first-order chi connectivity index (χ1) is 9.15. The maximum absolute atomic E-state index is 6.28. The smallest absolute Gasteiger partial charge is 0.320 e. The molecule has 1 aromatic carbocycles. The summed E-state index contributed by atoms with van der Waals surface area (Å²) in [4.78, 5) is 8.30. The number of ether oxygens (including phenoxy) is 4. The molecule has 2 rings (SSSR count). The van der Waals surface area contributed by atoms with E-state index in [9.17, 15) is 0 Å². The van der Waals surface area contributed by atoms with Gasteiger partial charge in [0.25, 0.3) is 0 Å². The molecule has 0 saturated heterocycles. The Hall–Kier alpha value is -1.95. The topological polar surface area (TPSA) is 62.7 Å². The highest BCUT2D eigenvalue weighted by Crippen LogP contribution is 2.42. The molecule has 7 heteroatoms. The standard InChI is InChI=1S/C12H13ClN2O4/c1-16-7-5-6-9(8(13)10(7)17-2)14-12(19-4)15-11(6)18-3/h5H,1-4H3. The van der Waals surface area contributed by atoms with E-state index < -0.39 is 0 Å². The molecular weight excluding hydrogens is 272 g/mol. The quantitative estimate of drug-likeness (QED) is 0.858. The lowest BCUT2D eigenvalue weighted by atomic mass is 10.2. The highest BCUT2D eigenvalue weighted by molar-refractivity contribution is 6.37. The summed E-state index contributed by atoms with van der Waals surface area (Å²) in [5, 5.41) is 0.932. The first-order valence-electron chi connectivity index (χ1n) is 5.36. The van der Waals surface area contributed by atoms with Gasteiger partial charge in [0, 0.05) is 0 Å². The Kier molecular flexibility index (Phi) is 3.80. The van der Waals surface area contributed by atoms with Crippen LogP contribution in [0.1, 0.15) is 0 Å². The summed E-state index contributed by atoms with van der Waals surface area (Å²) in [6.07, 6.45) is 0. The number of rotatable bonds is 4. The number of benzene rings is 1. The van der Waals surface area contributed by atoms with Crippen LogP contribution in [0.3, 0.4) is 0 Å². The molecule has 0 spiro atoms. The second-order valence-corrected chi connectivity index (χ2v) is 3.92. The van der Waals surface area contributed by atoms with Gasteiger partial charge in [0.1, 0.15) is 10.5 Å². The molecule has 1 aromatic heterocycles. The zero-order valence-corrected chi connectivity index (χ0v) is 11.7. The molecule has 0 aliphatic rings. The third-order valence-corrected chi connectivity index (χ3v) is 2.95. The molecule has 102 valence electrons. The predicted molar refractivity (Wildman–Crippen MR) is 70.8 cm³/mol. The van der Waals surface area contributed by atoms with Crippen LogP contribution >= 0.6 is 11.6 Å². The molecule has 0 unspecified atom stereocenters. The van der Waals surface area contributed by atoms with E-state index in [0.29, 0.717) is 33.3 Å². The van der Waals surface area contributed by atoms with Crippen molar-refractivity contribution in [3.05, 3.63) is 11.1 Å². The van der Waals surface area contributed by atoms with Gasteiger partial charge in [0.2, 0.25) is 5.88 Å². The molecule has 0 atom stereocenters. The Morgan fingerprint density at radius 3 is 2.21 bits per heavy atom. The fourth-order valence-corrected chi connectivity index (χ4v) is 2.04. The van der Waals surface area contributed by atoms with Crippen LogP contribution in [-0.2, 0) is 0 Å². The monoisotopic (exact) mass is 284 g/mol. The number of halogens is 1. The van der Waals surface area contributed by atoms with Crippen molar-refractivity contribution in [2.45, 2.75) is 0 Å². The maximum atomic E-state index is 6.28. The van der Waals surface area contributed by atoms with Crippen LogP contribution in [-0.4, -0.2) is 38.4 Å². The lowest BCUT2D eigenvalue weighted by Crippen LogP contribution is -1.99. The minimum Gasteiger partial charge on any atom is -0.493 e. The van der Waals surface area contributed by atoms with Gasteiger partial charge >= 0.3 is 6.01 Å². The van der Waals surface area contributed by atoms with Crippen molar-refractivity contribution in [1.29, 1.82) is 0 Å². The van der Waals surface area contributed by atoms with Crippen molar-refractivity contribution in [3.63, 3.8) is 0 Å². The first kappa shape index (κ1) is 13.5. The van der Waals surface area contributed by atoms with Crippen LogP contribution in [0, 0.1) is 0 Å². The molecule has 0 amide bonds. The van der Waals surface area contributed by atoms with E-state index in [-0.39, 0.29) is 6.01 Å². The van der Waals surface area contributed by atoms with Crippen LogP contribution in [0.25, 0.3) is 10.9 Å². The normalized spacial score (nSPS) is 10.4. The van der Waals surface area contributed by atoms with Crippen LogP contribution in [0.5, 0.6) is 23.4 Å². The summed E-state index contributed by atoms with van der Waals surface area (Å²) in [7, 11) is 6.00. The van der Waals surface area contributed by atoms with Gasteiger partial charge < -0.3 is 18.9 Å². The fourth-order valence-electron chi connectivity index (χ4n) is 1.73. The fraction of sp³-hybridized carbons (Fsp3) is 0.333. The average molecular weight is 285 g/mol. The van der Waals surface area contributed by atoms with E-state index in [1.807, 2.05) is 0 Å². The van der Waals surface area contributed by atoms with Crippen molar-refractivity contribution >= 4 is 22.5 Å². The Labute approximate surface area is 115 Å². The Bertz CT molecular complexity index is 618. The SMILES string of the molecule is COc1nc(OC)c2cc(OC)c(OC)c(Cl)c2n1. The summed E-state index contributed by atoms with van der Waals surface area (Å²) in [6, 6.07) is 1.87. The van der Waals surface area contributed by atoms with E-state index in [1.165, 1.54) is 28.4 Å². The van der Waals surface area contributed by atoms with Gasteiger partial charge in [-0.1, -0.05) is 11.6 Å². The summed E-state index contributed by atoms with van der Waals surface area (Å²) >= 11 is 6.28. The van der Waals surface area contributed by atoms with Crippen molar-refractivity contribution < 1.29 is 18.9 Å². The third-order valence-electron chi connectivity index (χ3n) is 2.60. The predicted octanol–water partition coefficient (Wildman–Crippen LogP) is 2.32. The van der Waals surface area contributed by atoms with Gasteiger partial charge in [-0.3, -0.25) is 0 Å². The van der Waals surface area contributed by atoms with Gasteiger partial charge in [0.15, 0.2) is 11.5 Å². The molecule has 0 saturated carbocycles. The number of hydrogen-bond donors (Lipinski definition) is 0. The van der Waals surface area contributed by atoms with Gasteiger partial charge in [-0.2, -0.15) is 9.97 Å². The van der Waals surface area contributed by atoms with E-state index in [4.69, 9.17) is 30.5 Å². The number of methoxy groups -OCH3 is 4. The second-order valence-electron chi connectivity index (χ2n) is 3.54. The number of nitrogens with zero attached hydrogens (tertiary/aromatic N) is 2. The molecule has 0 radical (unpaired) electrons. The highest BCUT2D eigenvalue weighted by Gasteiger charge is 2.19. The Balaban J connectivity index is 2.86. The molecule has 6 nitrogen and oxygen atoms in total. The van der Waals surface area contributed by atoms with Crippen LogP contribution in [0.4, 0.5) is 0 Å². The highest BCUT2D eigenvalue weighted by atomic mass is 35.5. The summed E-state index contributed by atoms with van der Waals surface area (Å²) in [5.41, 5.74) is 0.475. The zero-order chi connectivity index (χ0) is 14.0. The van der Waals surface area contributed by atoms with Crippen LogP contribution < -0.4 is 18.9 Å². The van der Waals surface area contributed by atoms with E-state index in [0.717, 1.165) is 0 Å². The zero-order valence-electron chi connectivity index (χ0n) is 11.0. The van der Waals surface area contributed by atoms with Gasteiger partial charge in [-0.25, -0.2) is 0 Å². The van der Waals surface area contributed by atoms with Crippen molar-refractivity contribution in [1.82, 2.24) is 9.97 Å². The lowest BCUT2D eigenvalue weighted by Gasteiger charge is -2.13. The van der Waals surface area contributed by atoms with Gasteiger partial charge in [-0.05, 0) is 6.07 Å². The van der Waals surface area contributed by atoms with E-state index in [2.05, 4.69) is 9.97 Å². The maximum Gasteiger partial charge on any atom is 0.320 e. The van der Waals surface area contributed by atoms with Crippen LogP contribution in [0.2, 0.25) is 5.02 Å². The molecule has 1 heterocycles. The van der Waals surface area contributed by atoms with Crippen molar-refractivity contribution in [3.8, 4) is 23.4 Å². The molecule has 2 aromatic rings. The minimum atomic E-state index is 0.165. The van der Waals surface area contributed by atoms with E-state index in [1.54, 1.807) is 6.07 Å². The van der Waals surface area contributed by atoms with Crippen LogP contribution in [0.15, 0.2) is 6.07 Å². The second kappa shape index (κ2) is 5.36. The Morgan fingerprint density at radius 1 is 0.947 bits per heavy atom. The first-order valence-corrected chi connectivity index (χ1v) is 5.74. The van der Waals surface area contributed by atoms with Crippen molar-refractivity contribution in [2.75, 3.05) is 28.4 Å². The third kappa shape index (κ3) is 2.19. The van der Waals surface area contributed by atoms with Gasteiger partial charge in [-0.15, -0.1) is 0 Å². The molecule has 0 aliphatic carbocycles. The number of hydrogen-bond acceptors (Lipinski definition) is 6. The Morgan fingerprint density at radius 2 is 1.68 bits per heavy atom. The van der Waals surface area contributed by atoms with E-state index >= 15 is 0 Å². The minimum absolute atomic E-state index is 0.165. The van der Waals surface area contributed by atoms with Crippen molar-refractivity contribution in [2.24, 2.45) is 0 Å². The molecular formula is C12H13ClN2O4. The summed E-state index contributed by atoms with van der Waals surface area (Å²) < 4.78 is 20.7. The molecule has 19 heavy (non-hydrogen) atoms. The lowest BCUT2D eigenvalue weighted by molar-refractivity contribution is 0.351. The van der Waals surface area contributed by atoms with Gasteiger partial charge in [0.05, 0.1) is 33.8 Å². The molecule has 0 N–H and O–H groups in total. The summed E-state index contributed by atoms with van der Waals surface area (Å²) in [5.74, 6) is 1.23.